The highest BCUT2D eigenvalue weighted by Crippen LogP contribution is 2.28. The summed E-state index contributed by atoms with van der Waals surface area (Å²) in [5, 5.41) is 7.47. The van der Waals surface area contributed by atoms with Gasteiger partial charge >= 0.3 is 0 Å². The number of thiocarbonyl (C=S) groups is 1. The molecule has 0 spiro atoms. The van der Waals surface area contributed by atoms with E-state index in [1.54, 1.807) is 0 Å². The molecule has 1 aliphatic carbocycles. The summed E-state index contributed by atoms with van der Waals surface area (Å²) in [6, 6.07) is 22.0. The minimum absolute atomic E-state index is 0.441. The Kier molecular flexibility index (Phi) is 7.58. The minimum atomic E-state index is 0.441. The summed E-state index contributed by atoms with van der Waals surface area (Å²) in [6.45, 7) is 5.56. The number of anilines is 4. The molecule has 2 fully saturated rings. The molecule has 1 saturated heterocycles. The summed E-state index contributed by atoms with van der Waals surface area (Å²) in [5.41, 5.74) is 4.09. The topological polar surface area (TPSA) is 59.6 Å². The van der Waals surface area contributed by atoms with Gasteiger partial charge in [0, 0.05) is 57.1 Å². The average molecular weight is 528 g/mol. The molecule has 3 aromatic rings. The lowest BCUT2D eigenvalue weighted by Gasteiger charge is -2.37. The molecule has 1 saturated carbocycles. The van der Waals surface area contributed by atoms with E-state index >= 15 is 0 Å². The van der Waals surface area contributed by atoms with E-state index in [1.165, 1.54) is 48.9 Å². The SMILES string of the molecule is S=C(Nc1nc(N2CCN(c3ccccc3)CC2)cc(N2CCc3ccccc3C2)n1)NC1CCCCC1. The third-order valence-electron chi connectivity index (χ3n) is 8.04. The zero-order valence-electron chi connectivity index (χ0n) is 22.0. The van der Waals surface area contributed by atoms with Crippen LogP contribution in [0.15, 0.2) is 60.7 Å². The van der Waals surface area contributed by atoms with Crippen LogP contribution in [0.3, 0.4) is 0 Å². The van der Waals surface area contributed by atoms with Crippen molar-refractivity contribution in [2.75, 3.05) is 52.7 Å². The molecule has 8 heteroatoms. The quantitative estimate of drug-likeness (QED) is 0.451. The van der Waals surface area contributed by atoms with Gasteiger partial charge in [0.05, 0.1) is 0 Å². The number of nitrogens with one attached hydrogen (secondary N) is 2. The van der Waals surface area contributed by atoms with Crippen molar-refractivity contribution >= 4 is 40.6 Å². The Morgan fingerprint density at radius 1 is 0.737 bits per heavy atom. The van der Waals surface area contributed by atoms with Gasteiger partial charge in [0.25, 0.3) is 0 Å². The van der Waals surface area contributed by atoms with Gasteiger partial charge in [0.15, 0.2) is 5.11 Å². The average Bonchev–Trinajstić information content (AvgIpc) is 2.98. The summed E-state index contributed by atoms with van der Waals surface area (Å²) in [6.07, 6.45) is 7.22. The Hall–Kier alpha value is -3.39. The van der Waals surface area contributed by atoms with Crippen molar-refractivity contribution in [3.8, 4) is 0 Å². The van der Waals surface area contributed by atoms with Crippen molar-refractivity contribution in [1.29, 1.82) is 0 Å². The summed E-state index contributed by atoms with van der Waals surface area (Å²) in [5.74, 6) is 2.50. The van der Waals surface area contributed by atoms with E-state index in [1.807, 2.05) is 0 Å². The van der Waals surface area contributed by atoms with Crippen molar-refractivity contribution in [2.45, 2.75) is 51.1 Å². The van der Waals surface area contributed by atoms with Gasteiger partial charge < -0.3 is 25.3 Å². The molecule has 7 nitrogen and oxygen atoms in total. The first-order valence-corrected chi connectivity index (χ1v) is 14.5. The number of hydrogen-bond acceptors (Lipinski definition) is 6. The zero-order chi connectivity index (χ0) is 25.7. The van der Waals surface area contributed by atoms with Crippen LogP contribution < -0.4 is 25.3 Å². The number of fused-ring (bicyclic) bond motifs is 1. The fourth-order valence-electron chi connectivity index (χ4n) is 5.90. The van der Waals surface area contributed by atoms with Crippen LogP contribution in [-0.2, 0) is 13.0 Å². The van der Waals surface area contributed by atoms with Crippen molar-refractivity contribution in [3.63, 3.8) is 0 Å². The number of benzene rings is 2. The highest BCUT2D eigenvalue weighted by Gasteiger charge is 2.23. The highest BCUT2D eigenvalue weighted by atomic mass is 32.1. The lowest BCUT2D eigenvalue weighted by molar-refractivity contribution is 0.414. The molecule has 0 amide bonds. The van der Waals surface area contributed by atoms with E-state index in [-0.39, 0.29) is 0 Å². The standard InChI is InChI=1S/C30H37N7S/c38-30(31-25-11-3-1-4-12-25)34-29-32-27(36-19-17-35(18-20-36)26-13-5-2-6-14-26)21-28(33-29)37-16-15-23-9-7-8-10-24(23)22-37/h2,5-10,13-14,21,25H,1,3-4,11-12,15-20,22H2,(H2,31,32,33,34,38). The van der Waals surface area contributed by atoms with E-state index in [4.69, 9.17) is 22.2 Å². The van der Waals surface area contributed by atoms with Gasteiger partial charge in [-0.25, -0.2) is 0 Å². The molecule has 3 aliphatic rings. The first kappa shape index (κ1) is 24.9. The number of nitrogens with zero attached hydrogens (tertiary/aromatic N) is 5. The minimum Gasteiger partial charge on any atom is -0.368 e. The molecule has 3 heterocycles. The number of para-hydroxylation sites is 1. The number of piperazine rings is 1. The van der Waals surface area contributed by atoms with Gasteiger partial charge in [-0.05, 0) is 54.7 Å². The predicted octanol–water partition coefficient (Wildman–Crippen LogP) is 4.99. The van der Waals surface area contributed by atoms with Gasteiger partial charge in [-0.15, -0.1) is 0 Å². The third kappa shape index (κ3) is 5.85. The van der Waals surface area contributed by atoms with Crippen molar-refractivity contribution < 1.29 is 0 Å². The maximum Gasteiger partial charge on any atom is 0.232 e. The van der Waals surface area contributed by atoms with Crippen LogP contribution in [0.25, 0.3) is 0 Å². The molecule has 2 N–H and O–H groups in total. The molecule has 0 radical (unpaired) electrons. The molecular formula is C30H37N7S. The van der Waals surface area contributed by atoms with Gasteiger partial charge in [0.1, 0.15) is 11.6 Å². The summed E-state index contributed by atoms with van der Waals surface area (Å²) in [7, 11) is 0. The van der Waals surface area contributed by atoms with E-state index in [9.17, 15) is 0 Å². The Morgan fingerprint density at radius 2 is 1.39 bits per heavy atom. The Balaban J connectivity index is 1.21. The second-order valence-electron chi connectivity index (χ2n) is 10.6. The van der Waals surface area contributed by atoms with Crippen LogP contribution in [-0.4, -0.2) is 53.8 Å². The van der Waals surface area contributed by atoms with Crippen LogP contribution in [0.1, 0.15) is 43.2 Å². The normalized spacial score (nSPS) is 18.2. The van der Waals surface area contributed by atoms with E-state index in [0.29, 0.717) is 17.1 Å². The largest absolute Gasteiger partial charge is 0.368 e. The number of hydrogen-bond donors (Lipinski definition) is 2. The van der Waals surface area contributed by atoms with E-state index in [2.05, 4.69) is 86.0 Å². The summed E-state index contributed by atoms with van der Waals surface area (Å²) < 4.78 is 0. The van der Waals surface area contributed by atoms with Crippen LogP contribution in [0.5, 0.6) is 0 Å². The van der Waals surface area contributed by atoms with Crippen molar-refractivity contribution in [2.24, 2.45) is 0 Å². The molecule has 2 aliphatic heterocycles. The molecule has 2 aromatic carbocycles. The van der Waals surface area contributed by atoms with Gasteiger partial charge in [-0.2, -0.15) is 9.97 Å². The number of aromatic nitrogens is 2. The molecule has 1 aromatic heterocycles. The number of rotatable bonds is 5. The fourth-order valence-corrected chi connectivity index (χ4v) is 6.15. The van der Waals surface area contributed by atoms with E-state index in [0.717, 1.165) is 57.3 Å². The van der Waals surface area contributed by atoms with E-state index < -0.39 is 0 Å². The van der Waals surface area contributed by atoms with Crippen LogP contribution in [0.2, 0.25) is 0 Å². The highest BCUT2D eigenvalue weighted by molar-refractivity contribution is 7.80. The van der Waals surface area contributed by atoms with Crippen LogP contribution in [0, 0.1) is 0 Å². The van der Waals surface area contributed by atoms with Crippen molar-refractivity contribution in [3.05, 3.63) is 71.8 Å². The Bertz CT molecular complexity index is 1240. The fraction of sp³-hybridized carbons (Fsp3) is 0.433. The first-order chi connectivity index (χ1) is 18.7. The molecule has 0 atom stereocenters. The molecular weight excluding hydrogens is 490 g/mol. The van der Waals surface area contributed by atoms with Crippen LogP contribution >= 0.6 is 12.2 Å². The zero-order valence-corrected chi connectivity index (χ0v) is 22.8. The molecule has 198 valence electrons. The lowest BCUT2D eigenvalue weighted by atomic mass is 9.96. The molecule has 6 rings (SSSR count). The molecule has 0 bridgehead atoms. The third-order valence-corrected chi connectivity index (χ3v) is 8.26. The molecule has 38 heavy (non-hydrogen) atoms. The predicted molar refractivity (Wildman–Crippen MR) is 160 cm³/mol. The van der Waals surface area contributed by atoms with Gasteiger partial charge in [-0.3, -0.25) is 0 Å². The second-order valence-corrected chi connectivity index (χ2v) is 11.0. The van der Waals surface area contributed by atoms with Gasteiger partial charge in [0.2, 0.25) is 5.95 Å². The van der Waals surface area contributed by atoms with Gasteiger partial charge in [-0.1, -0.05) is 61.7 Å². The molecule has 0 unspecified atom stereocenters. The Morgan fingerprint density at radius 3 is 2.16 bits per heavy atom. The maximum absolute atomic E-state index is 5.70. The summed E-state index contributed by atoms with van der Waals surface area (Å²) in [4.78, 5) is 17.1. The smallest absolute Gasteiger partial charge is 0.232 e. The lowest BCUT2D eigenvalue weighted by Crippen LogP contribution is -2.47. The first-order valence-electron chi connectivity index (χ1n) is 14.0. The van der Waals surface area contributed by atoms with Crippen LogP contribution in [0.4, 0.5) is 23.3 Å². The van der Waals surface area contributed by atoms with Crippen molar-refractivity contribution in [1.82, 2.24) is 15.3 Å². The summed E-state index contributed by atoms with van der Waals surface area (Å²) >= 11 is 5.70. The Labute approximate surface area is 231 Å². The maximum atomic E-state index is 5.70. The second kappa shape index (κ2) is 11.6. The monoisotopic (exact) mass is 527 g/mol.